The monoisotopic (exact) mass is 293 g/mol. The Labute approximate surface area is 122 Å². The molecule has 2 saturated heterocycles. The molecule has 8 nitrogen and oxygen atoms in total. The molecule has 0 aromatic carbocycles. The fourth-order valence-corrected chi connectivity index (χ4v) is 2.97. The third kappa shape index (κ3) is 2.35. The van der Waals surface area contributed by atoms with Crippen molar-refractivity contribution >= 4 is 11.9 Å². The molecule has 3 rings (SSSR count). The first kappa shape index (κ1) is 13.9. The van der Waals surface area contributed by atoms with Crippen molar-refractivity contribution < 1.29 is 14.1 Å². The number of carbonyl (C=O) groups excluding carboxylic acids is 2. The number of piperidine rings is 1. The highest BCUT2D eigenvalue weighted by Gasteiger charge is 2.44. The predicted octanol–water partition coefficient (Wildman–Crippen LogP) is -0.0660. The molecule has 0 radical (unpaired) electrons. The van der Waals surface area contributed by atoms with Crippen LogP contribution in [0.2, 0.25) is 0 Å². The molecule has 3 heterocycles. The van der Waals surface area contributed by atoms with E-state index in [0.29, 0.717) is 25.3 Å². The van der Waals surface area contributed by atoms with Gasteiger partial charge in [0, 0.05) is 32.7 Å². The Morgan fingerprint density at radius 3 is 3.14 bits per heavy atom. The lowest BCUT2D eigenvalue weighted by atomic mass is 9.98. The lowest BCUT2D eigenvalue weighted by molar-refractivity contribution is 0.0917. The quantitative estimate of drug-likeness (QED) is 0.809. The third-order valence-corrected chi connectivity index (χ3v) is 4.18. The molecule has 2 atom stereocenters. The Kier molecular flexibility index (Phi) is 3.54. The number of nitrogens with one attached hydrogen (secondary N) is 1. The van der Waals surface area contributed by atoms with Gasteiger partial charge in [-0.15, -0.1) is 0 Å². The maximum absolute atomic E-state index is 12.2. The van der Waals surface area contributed by atoms with E-state index >= 15 is 0 Å². The van der Waals surface area contributed by atoms with Gasteiger partial charge in [0.1, 0.15) is 5.69 Å². The van der Waals surface area contributed by atoms with Crippen molar-refractivity contribution in [2.75, 3.05) is 26.7 Å². The number of rotatable bonds is 4. The summed E-state index contributed by atoms with van der Waals surface area (Å²) in [5.41, 5.74) is 5.97. The fraction of sp³-hybridized carbons (Fsp3) is 0.615. The van der Waals surface area contributed by atoms with Crippen LogP contribution >= 0.6 is 0 Å². The van der Waals surface area contributed by atoms with Crippen LogP contribution in [0.15, 0.2) is 10.6 Å². The molecule has 1 aromatic heterocycles. The molecule has 114 valence electrons. The molecule has 2 aliphatic rings. The lowest BCUT2D eigenvalue weighted by Crippen LogP contribution is -2.34. The standard InChI is InChI=1S/C13H19N5O3/c1-17-8-2-3-10(18(7-8)13(17)20)9-6-11(21-16-9)12(19)15-5-4-14/h6,8,10H,2-5,7,14H2,1H3,(H,15,19)/t8-,10+/m1/s1. The van der Waals surface area contributed by atoms with E-state index in [0.717, 1.165) is 12.8 Å². The van der Waals surface area contributed by atoms with Crippen LogP contribution in [-0.2, 0) is 0 Å². The Morgan fingerprint density at radius 1 is 1.57 bits per heavy atom. The summed E-state index contributed by atoms with van der Waals surface area (Å²) >= 11 is 0. The summed E-state index contributed by atoms with van der Waals surface area (Å²) in [6.07, 6.45) is 1.77. The van der Waals surface area contributed by atoms with Crippen LogP contribution in [0.1, 0.15) is 35.1 Å². The maximum atomic E-state index is 12.2. The zero-order valence-corrected chi connectivity index (χ0v) is 11.9. The summed E-state index contributed by atoms with van der Waals surface area (Å²) < 4.78 is 5.09. The van der Waals surface area contributed by atoms with Crippen molar-refractivity contribution in [3.63, 3.8) is 0 Å². The normalized spacial score (nSPS) is 24.6. The van der Waals surface area contributed by atoms with Crippen LogP contribution in [0, 0.1) is 0 Å². The highest BCUT2D eigenvalue weighted by Crippen LogP contribution is 2.37. The minimum atomic E-state index is -0.335. The summed E-state index contributed by atoms with van der Waals surface area (Å²) in [4.78, 5) is 27.5. The first-order valence-corrected chi connectivity index (χ1v) is 7.10. The van der Waals surface area contributed by atoms with Crippen molar-refractivity contribution in [2.45, 2.75) is 24.9 Å². The van der Waals surface area contributed by atoms with Crippen LogP contribution in [-0.4, -0.2) is 59.6 Å². The summed E-state index contributed by atoms with van der Waals surface area (Å²) in [7, 11) is 1.82. The number of nitrogens with zero attached hydrogens (tertiary/aromatic N) is 3. The van der Waals surface area contributed by atoms with Crippen molar-refractivity contribution in [2.24, 2.45) is 5.73 Å². The molecule has 1 aromatic rings. The summed E-state index contributed by atoms with van der Waals surface area (Å²) in [6, 6.07) is 1.80. The van der Waals surface area contributed by atoms with Crippen LogP contribution in [0.4, 0.5) is 4.79 Å². The van der Waals surface area contributed by atoms with Gasteiger partial charge in [0.25, 0.3) is 5.91 Å². The summed E-state index contributed by atoms with van der Waals surface area (Å²) in [5.74, 6) is -0.182. The third-order valence-electron chi connectivity index (χ3n) is 4.18. The number of amides is 3. The van der Waals surface area contributed by atoms with E-state index in [1.165, 1.54) is 0 Å². The van der Waals surface area contributed by atoms with Crippen molar-refractivity contribution in [3.8, 4) is 0 Å². The molecule has 0 saturated carbocycles. The number of hydrogen-bond acceptors (Lipinski definition) is 5. The molecular formula is C13H19N5O3. The van der Waals surface area contributed by atoms with Gasteiger partial charge in [-0.05, 0) is 12.8 Å². The SMILES string of the molecule is CN1C(=O)N2C[C@H]1CC[C@H]2c1cc(C(=O)NCCN)on1. The predicted molar refractivity (Wildman–Crippen MR) is 73.5 cm³/mol. The number of hydrogen-bond donors (Lipinski definition) is 2. The number of nitrogens with two attached hydrogens (primary N) is 1. The van der Waals surface area contributed by atoms with Crippen LogP contribution in [0.25, 0.3) is 0 Å². The molecule has 0 spiro atoms. The zero-order valence-electron chi connectivity index (χ0n) is 11.9. The highest BCUT2D eigenvalue weighted by atomic mass is 16.5. The number of carbonyl (C=O) groups is 2. The largest absolute Gasteiger partial charge is 0.351 e. The highest BCUT2D eigenvalue weighted by molar-refractivity contribution is 5.91. The molecule has 8 heteroatoms. The summed E-state index contributed by atoms with van der Waals surface area (Å²) in [6.45, 7) is 1.46. The Morgan fingerprint density at radius 2 is 2.38 bits per heavy atom. The van der Waals surface area contributed by atoms with Crippen molar-refractivity contribution in [3.05, 3.63) is 17.5 Å². The average Bonchev–Trinajstić information content (AvgIpc) is 3.07. The van der Waals surface area contributed by atoms with Gasteiger partial charge in [-0.3, -0.25) is 4.79 Å². The molecule has 2 fully saturated rings. The van der Waals surface area contributed by atoms with E-state index in [4.69, 9.17) is 10.3 Å². The van der Waals surface area contributed by atoms with Gasteiger partial charge >= 0.3 is 6.03 Å². The number of urea groups is 1. The second kappa shape index (κ2) is 5.36. The smallest absolute Gasteiger partial charge is 0.320 e. The van der Waals surface area contributed by atoms with Crippen LogP contribution < -0.4 is 11.1 Å². The molecule has 3 amide bonds. The molecule has 0 unspecified atom stereocenters. The number of likely N-dealkylation sites (N-methyl/N-ethyl adjacent to an activating group) is 1. The van der Waals surface area contributed by atoms with Gasteiger partial charge in [-0.2, -0.15) is 0 Å². The Hall–Kier alpha value is -2.09. The molecule has 0 aliphatic carbocycles. The van der Waals surface area contributed by atoms with Gasteiger partial charge in [0.15, 0.2) is 0 Å². The molecule has 2 bridgehead atoms. The molecule has 21 heavy (non-hydrogen) atoms. The maximum Gasteiger partial charge on any atom is 0.320 e. The fourth-order valence-electron chi connectivity index (χ4n) is 2.97. The minimum Gasteiger partial charge on any atom is -0.351 e. The second-order valence-electron chi connectivity index (χ2n) is 5.45. The number of aromatic nitrogens is 1. The Balaban J connectivity index is 1.74. The van der Waals surface area contributed by atoms with E-state index in [1.54, 1.807) is 15.9 Å². The molecular weight excluding hydrogens is 274 g/mol. The number of fused-ring (bicyclic) bond motifs is 2. The van der Waals surface area contributed by atoms with E-state index in [2.05, 4.69) is 10.5 Å². The van der Waals surface area contributed by atoms with Crippen LogP contribution in [0.5, 0.6) is 0 Å². The van der Waals surface area contributed by atoms with Gasteiger partial charge in [0.2, 0.25) is 5.76 Å². The average molecular weight is 293 g/mol. The first-order valence-electron chi connectivity index (χ1n) is 7.10. The van der Waals surface area contributed by atoms with Crippen molar-refractivity contribution in [1.29, 1.82) is 0 Å². The first-order chi connectivity index (χ1) is 10.1. The molecule has 2 aliphatic heterocycles. The lowest BCUT2D eigenvalue weighted by Gasteiger charge is -2.28. The zero-order chi connectivity index (χ0) is 15.0. The van der Waals surface area contributed by atoms with E-state index in [-0.39, 0.29) is 29.8 Å². The minimum absolute atomic E-state index is 0.0135. The van der Waals surface area contributed by atoms with E-state index in [1.807, 2.05) is 7.05 Å². The molecule has 3 N–H and O–H groups in total. The Bertz CT molecular complexity index is 558. The summed E-state index contributed by atoms with van der Waals surface area (Å²) in [5, 5.41) is 6.59. The van der Waals surface area contributed by atoms with Crippen molar-refractivity contribution in [1.82, 2.24) is 20.3 Å². The van der Waals surface area contributed by atoms with Gasteiger partial charge < -0.3 is 25.4 Å². The second-order valence-corrected chi connectivity index (χ2v) is 5.45. The van der Waals surface area contributed by atoms with Gasteiger partial charge in [0.05, 0.1) is 12.1 Å². The van der Waals surface area contributed by atoms with E-state index in [9.17, 15) is 9.59 Å². The topological polar surface area (TPSA) is 105 Å². The van der Waals surface area contributed by atoms with Gasteiger partial charge in [-0.25, -0.2) is 4.79 Å². The van der Waals surface area contributed by atoms with E-state index < -0.39 is 0 Å². The van der Waals surface area contributed by atoms with Gasteiger partial charge in [-0.1, -0.05) is 5.16 Å². The van der Waals surface area contributed by atoms with Crippen LogP contribution in [0.3, 0.4) is 0 Å².